The van der Waals surface area contributed by atoms with Gasteiger partial charge in [0.1, 0.15) is 18.2 Å². The molecule has 0 bridgehead atoms. The summed E-state index contributed by atoms with van der Waals surface area (Å²) >= 11 is 0. The number of benzene rings is 2. The van der Waals surface area contributed by atoms with Crippen molar-refractivity contribution in [2.45, 2.75) is 38.5 Å². The Hall–Kier alpha value is -5.14. The Morgan fingerprint density at radius 1 is 0.653 bits per heavy atom. The molecule has 13 heteroatoms. The maximum Gasteiger partial charge on any atom is 0.273 e. The van der Waals surface area contributed by atoms with E-state index in [1.54, 1.807) is 4.68 Å². The summed E-state index contributed by atoms with van der Waals surface area (Å²) in [6.07, 6.45) is 11.5. The molecule has 2 aromatic carbocycles. The van der Waals surface area contributed by atoms with E-state index in [2.05, 4.69) is 40.7 Å². The third kappa shape index (κ3) is 8.12. The number of rotatable bonds is 14. The average Bonchev–Trinajstić information content (AvgIpc) is 3.98. The van der Waals surface area contributed by atoms with Crippen LogP contribution in [0.3, 0.4) is 0 Å². The molecular formula is C36H41N9O4. The number of hydrogen-bond acceptors (Lipinski definition) is 10. The van der Waals surface area contributed by atoms with Crippen LogP contribution >= 0.6 is 0 Å². The van der Waals surface area contributed by atoms with E-state index in [0.29, 0.717) is 30.6 Å². The van der Waals surface area contributed by atoms with Crippen molar-refractivity contribution in [1.29, 1.82) is 0 Å². The van der Waals surface area contributed by atoms with Gasteiger partial charge in [-0.15, -0.1) is 5.10 Å². The molecule has 0 atom stereocenters. The molecule has 0 spiro atoms. The van der Waals surface area contributed by atoms with Gasteiger partial charge in [0.05, 0.1) is 11.9 Å². The molecule has 49 heavy (non-hydrogen) atoms. The fourth-order valence-electron chi connectivity index (χ4n) is 6.29. The zero-order chi connectivity index (χ0) is 33.4. The van der Waals surface area contributed by atoms with Crippen LogP contribution < -0.4 is 10.6 Å². The molecule has 13 nitrogen and oxygen atoms in total. The van der Waals surface area contributed by atoms with E-state index < -0.39 is 0 Å². The molecule has 3 aromatic heterocycles. The topological polar surface area (TPSA) is 147 Å². The molecule has 2 amide bonds. The van der Waals surface area contributed by atoms with Gasteiger partial charge in [0.25, 0.3) is 11.8 Å². The van der Waals surface area contributed by atoms with Crippen LogP contribution in [0.1, 0.15) is 59.5 Å². The van der Waals surface area contributed by atoms with E-state index in [0.717, 1.165) is 74.5 Å². The first-order valence-electron chi connectivity index (χ1n) is 17.2. The highest BCUT2D eigenvalue weighted by atomic mass is 16.3. The van der Waals surface area contributed by atoms with E-state index in [1.165, 1.54) is 38.2 Å². The van der Waals surface area contributed by atoms with Gasteiger partial charge in [-0.25, -0.2) is 14.6 Å². The van der Waals surface area contributed by atoms with Crippen molar-refractivity contribution in [3.05, 3.63) is 78.6 Å². The molecular weight excluding hydrogens is 622 g/mol. The Morgan fingerprint density at radius 3 is 1.63 bits per heavy atom. The summed E-state index contributed by atoms with van der Waals surface area (Å²) in [6.45, 7) is 7.84. The van der Waals surface area contributed by atoms with Gasteiger partial charge in [-0.05, 0) is 114 Å². The van der Waals surface area contributed by atoms with Gasteiger partial charge in [0.15, 0.2) is 11.4 Å². The fraction of sp³-hybridized carbons (Fsp3) is 0.389. The van der Waals surface area contributed by atoms with Crippen LogP contribution in [0.15, 0.2) is 76.1 Å². The second-order valence-electron chi connectivity index (χ2n) is 12.6. The number of carbonyl (C=O) groups is 2. The van der Waals surface area contributed by atoms with E-state index >= 15 is 0 Å². The van der Waals surface area contributed by atoms with Crippen LogP contribution in [0.5, 0.6) is 0 Å². The van der Waals surface area contributed by atoms with E-state index in [1.807, 2.05) is 54.7 Å². The van der Waals surface area contributed by atoms with Gasteiger partial charge < -0.3 is 29.3 Å². The zero-order valence-corrected chi connectivity index (χ0v) is 27.5. The van der Waals surface area contributed by atoms with Crippen LogP contribution in [-0.2, 0) is 0 Å². The number of nitrogens with one attached hydrogen (secondary N) is 2. The molecule has 2 N–H and O–H groups in total. The molecule has 2 aliphatic heterocycles. The first kappa shape index (κ1) is 32.4. The minimum atomic E-state index is -0.234. The maximum atomic E-state index is 12.5. The first-order valence-corrected chi connectivity index (χ1v) is 17.2. The highest BCUT2D eigenvalue weighted by Gasteiger charge is 2.17. The average molecular weight is 664 g/mol. The largest absolute Gasteiger partial charge is 0.444 e. The molecule has 2 aliphatic rings. The molecule has 0 radical (unpaired) electrons. The normalized spacial score (nSPS) is 15.2. The lowest BCUT2D eigenvalue weighted by atomic mass is 10.1. The third-order valence-electron chi connectivity index (χ3n) is 9.04. The highest BCUT2D eigenvalue weighted by Crippen LogP contribution is 2.25. The fourth-order valence-corrected chi connectivity index (χ4v) is 6.29. The summed E-state index contributed by atoms with van der Waals surface area (Å²) < 4.78 is 12.9. The minimum Gasteiger partial charge on any atom is -0.444 e. The number of oxazole rings is 2. The van der Waals surface area contributed by atoms with Crippen LogP contribution in [0.2, 0.25) is 0 Å². The number of amides is 2. The van der Waals surface area contributed by atoms with Gasteiger partial charge in [-0.1, -0.05) is 17.3 Å². The zero-order valence-electron chi connectivity index (χ0n) is 27.5. The van der Waals surface area contributed by atoms with E-state index in [4.69, 9.17) is 8.83 Å². The number of nitrogens with zero attached hydrogens (tertiary/aromatic N) is 7. The van der Waals surface area contributed by atoms with Gasteiger partial charge in [-0.3, -0.25) is 9.59 Å². The van der Waals surface area contributed by atoms with Gasteiger partial charge >= 0.3 is 0 Å². The van der Waals surface area contributed by atoms with Crippen LogP contribution in [0.4, 0.5) is 0 Å². The summed E-state index contributed by atoms with van der Waals surface area (Å²) in [4.78, 5) is 38.7. The highest BCUT2D eigenvalue weighted by molar-refractivity contribution is 5.92. The molecule has 7 rings (SSSR count). The molecule has 5 heterocycles. The predicted molar refractivity (Wildman–Crippen MR) is 183 cm³/mol. The molecule has 0 unspecified atom stereocenters. The molecule has 5 aromatic rings. The summed E-state index contributed by atoms with van der Waals surface area (Å²) in [5.41, 5.74) is 4.41. The Balaban J connectivity index is 0.903. The van der Waals surface area contributed by atoms with Crippen molar-refractivity contribution < 1.29 is 18.4 Å². The molecule has 0 saturated carbocycles. The Morgan fingerprint density at radius 2 is 1.12 bits per heavy atom. The van der Waals surface area contributed by atoms with Gasteiger partial charge in [0.2, 0.25) is 11.8 Å². The summed E-state index contributed by atoms with van der Waals surface area (Å²) in [7, 11) is 0. The summed E-state index contributed by atoms with van der Waals surface area (Å²) in [6, 6.07) is 15.1. The lowest BCUT2D eigenvalue weighted by molar-refractivity contribution is 0.0939. The maximum absolute atomic E-state index is 12.5. The molecule has 2 fully saturated rings. The Labute approximate surface area is 284 Å². The SMILES string of the molecule is O=C(NCCCN1CCCC1)c1coc(-c2ccc(-c3cn(-c4ccc(-c5nc(C(=O)NCCCN6CCCC6)co5)cc4)nn3)cc2)n1. The van der Waals surface area contributed by atoms with Gasteiger partial charge in [0, 0.05) is 29.8 Å². The summed E-state index contributed by atoms with van der Waals surface area (Å²) in [5, 5.41) is 14.5. The smallest absolute Gasteiger partial charge is 0.273 e. The van der Waals surface area contributed by atoms with Crippen LogP contribution in [0, 0.1) is 0 Å². The molecule has 0 aliphatic carbocycles. The third-order valence-corrected chi connectivity index (χ3v) is 9.04. The number of carbonyl (C=O) groups excluding carboxylic acids is 2. The summed E-state index contributed by atoms with van der Waals surface area (Å²) in [5.74, 6) is 0.288. The molecule has 254 valence electrons. The van der Waals surface area contributed by atoms with Crippen molar-refractivity contribution >= 4 is 11.8 Å². The minimum absolute atomic E-state index is 0.232. The standard InChI is InChI=1S/C36H41N9O4/c46-33(37-15-5-21-43-17-1-2-18-43)31-24-48-35(39-31)27-9-7-26(8-10-27)30-23-45(42-41-30)29-13-11-28(12-14-29)36-40-32(25-49-36)34(47)38-16-6-22-44-19-3-4-20-44/h7-14,23-25H,1-6,15-22H2,(H,37,46)(H,38,47). The lowest BCUT2D eigenvalue weighted by Gasteiger charge is -2.13. The van der Waals surface area contributed by atoms with Crippen molar-refractivity contribution in [2.24, 2.45) is 0 Å². The number of hydrogen-bond donors (Lipinski definition) is 2. The van der Waals surface area contributed by atoms with Crippen LogP contribution in [0.25, 0.3) is 39.9 Å². The second kappa shape index (κ2) is 15.4. The second-order valence-corrected chi connectivity index (χ2v) is 12.6. The Kier molecular flexibility index (Phi) is 10.2. The monoisotopic (exact) mass is 663 g/mol. The first-order chi connectivity index (χ1) is 24.1. The van der Waals surface area contributed by atoms with Crippen molar-refractivity contribution in [2.75, 3.05) is 52.4 Å². The van der Waals surface area contributed by atoms with Crippen molar-refractivity contribution in [1.82, 2.24) is 45.4 Å². The van der Waals surface area contributed by atoms with Crippen molar-refractivity contribution in [3.63, 3.8) is 0 Å². The Bertz CT molecular complexity index is 1700. The lowest BCUT2D eigenvalue weighted by Crippen LogP contribution is -2.28. The van der Waals surface area contributed by atoms with E-state index in [9.17, 15) is 9.59 Å². The number of aromatic nitrogens is 5. The van der Waals surface area contributed by atoms with Gasteiger partial charge in [-0.2, -0.15) is 0 Å². The van der Waals surface area contributed by atoms with Crippen molar-refractivity contribution in [3.8, 4) is 39.9 Å². The van der Waals surface area contributed by atoms with E-state index in [-0.39, 0.29) is 23.2 Å². The predicted octanol–water partition coefficient (Wildman–Crippen LogP) is 4.68. The number of likely N-dealkylation sites (tertiary alicyclic amines) is 2. The van der Waals surface area contributed by atoms with Crippen LogP contribution in [-0.4, -0.2) is 98.9 Å². The quantitative estimate of drug-likeness (QED) is 0.161. The molecule has 2 saturated heterocycles.